The highest BCUT2D eigenvalue weighted by Gasteiger charge is 2.15. The highest BCUT2D eigenvalue weighted by atomic mass is 35.5. The number of hydrogen-bond acceptors (Lipinski definition) is 3. The normalized spacial score (nSPS) is 18.6. The van der Waals surface area contributed by atoms with Crippen molar-refractivity contribution >= 4 is 23.9 Å². The Bertz CT molecular complexity index is 595. The number of hydrogen-bond donors (Lipinski definition) is 1. The predicted octanol–water partition coefficient (Wildman–Crippen LogP) is 3.04. The highest BCUT2D eigenvalue weighted by Crippen LogP contribution is 2.30. The van der Waals surface area contributed by atoms with Gasteiger partial charge in [0.25, 0.3) is 0 Å². The summed E-state index contributed by atoms with van der Waals surface area (Å²) in [5, 5.41) is 0. The lowest BCUT2D eigenvalue weighted by Crippen LogP contribution is -2.37. The number of morpholine rings is 1. The summed E-state index contributed by atoms with van der Waals surface area (Å²) in [5.41, 5.74) is 9.86. The molecule has 4 nitrogen and oxygen atoms in total. The van der Waals surface area contributed by atoms with Gasteiger partial charge in [-0.15, -0.1) is 12.4 Å². The summed E-state index contributed by atoms with van der Waals surface area (Å²) < 4.78 is 5.39. The third kappa shape index (κ3) is 4.82. The summed E-state index contributed by atoms with van der Waals surface area (Å²) in [7, 11) is 0. The standard InChI is InChI=1S/C19H26N2O2.ClH/c20-19(22)17-7-6-15(8-9-21-10-12-23-13-11-21)14-18(17)16-4-2-1-3-5-16;/h4,6-7,14H,1-3,5,8-13H2,(H2,20,22);1H. The van der Waals surface area contributed by atoms with Gasteiger partial charge in [-0.25, -0.2) is 0 Å². The van der Waals surface area contributed by atoms with Crippen LogP contribution < -0.4 is 5.73 Å². The van der Waals surface area contributed by atoms with Crippen LogP contribution in [0.4, 0.5) is 0 Å². The second-order valence-corrected chi connectivity index (χ2v) is 6.42. The van der Waals surface area contributed by atoms with E-state index >= 15 is 0 Å². The minimum atomic E-state index is -0.328. The van der Waals surface area contributed by atoms with E-state index in [-0.39, 0.29) is 18.3 Å². The molecule has 1 aromatic rings. The Labute approximate surface area is 150 Å². The molecule has 132 valence electrons. The molecule has 1 saturated heterocycles. The monoisotopic (exact) mass is 350 g/mol. The van der Waals surface area contributed by atoms with E-state index in [1.165, 1.54) is 24.0 Å². The van der Waals surface area contributed by atoms with Crippen LogP contribution in [0, 0.1) is 0 Å². The van der Waals surface area contributed by atoms with Crippen molar-refractivity contribution < 1.29 is 9.53 Å². The SMILES string of the molecule is Cl.NC(=O)c1ccc(CCN2CCOCC2)cc1C1=CCCCC1. The van der Waals surface area contributed by atoms with Crippen molar-refractivity contribution in [3.63, 3.8) is 0 Å². The molecule has 0 saturated carbocycles. The van der Waals surface area contributed by atoms with Crippen molar-refractivity contribution in [1.29, 1.82) is 0 Å². The molecule has 2 aliphatic rings. The average Bonchev–Trinajstić information content (AvgIpc) is 2.61. The quantitative estimate of drug-likeness (QED) is 0.888. The van der Waals surface area contributed by atoms with Crippen LogP contribution in [0.3, 0.4) is 0 Å². The molecule has 0 radical (unpaired) electrons. The van der Waals surface area contributed by atoms with Gasteiger partial charge in [0.1, 0.15) is 0 Å². The van der Waals surface area contributed by atoms with Crippen LogP contribution in [0.2, 0.25) is 0 Å². The van der Waals surface area contributed by atoms with Crippen LogP contribution in [0.25, 0.3) is 5.57 Å². The zero-order valence-electron chi connectivity index (χ0n) is 14.1. The molecule has 1 aliphatic heterocycles. The van der Waals surface area contributed by atoms with E-state index in [0.29, 0.717) is 5.56 Å². The first-order valence-electron chi connectivity index (χ1n) is 8.66. The summed E-state index contributed by atoms with van der Waals surface area (Å²) in [5.74, 6) is -0.328. The third-order valence-electron chi connectivity index (χ3n) is 4.81. The molecular weight excluding hydrogens is 324 g/mol. The van der Waals surface area contributed by atoms with E-state index < -0.39 is 0 Å². The number of carbonyl (C=O) groups excluding carboxylic acids is 1. The number of amides is 1. The van der Waals surface area contributed by atoms with Crippen molar-refractivity contribution in [2.24, 2.45) is 5.73 Å². The maximum atomic E-state index is 11.8. The van der Waals surface area contributed by atoms with E-state index in [9.17, 15) is 4.79 Å². The Balaban J connectivity index is 0.00000208. The van der Waals surface area contributed by atoms with Gasteiger partial charge < -0.3 is 10.5 Å². The number of ether oxygens (including phenoxy) is 1. The topological polar surface area (TPSA) is 55.6 Å². The van der Waals surface area contributed by atoms with Crippen LogP contribution in [-0.2, 0) is 11.2 Å². The minimum Gasteiger partial charge on any atom is -0.379 e. The molecule has 0 atom stereocenters. The van der Waals surface area contributed by atoms with Crippen molar-refractivity contribution in [1.82, 2.24) is 4.90 Å². The fourth-order valence-electron chi connectivity index (χ4n) is 3.42. The highest BCUT2D eigenvalue weighted by molar-refractivity contribution is 5.98. The van der Waals surface area contributed by atoms with Gasteiger partial charge in [-0.1, -0.05) is 18.2 Å². The van der Waals surface area contributed by atoms with Crippen molar-refractivity contribution in [3.8, 4) is 0 Å². The van der Waals surface area contributed by atoms with Gasteiger partial charge in [0.15, 0.2) is 0 Å². The summed E-state index contributed by atoms with van der Waals surface area (Å²) in [6, 6.07) is 6.13. The van der Waals surface area contributed by atoms with Gasteiger partial charge in [-0.2, -0.15) is 0 Å². The lowest BCUT2D eigenvalue weighted by atomic mass is 9.89. The van der Waals surface area contributed by atoms with Gasteiger partial charge in [-0.05, 0) is 54.9 Å². The molecule has 1 aliphatic carbocycles. The maximum Gasteiger partial charge on any atom is 0.249 e. The van der Waals surface area contributed by atoms with Crippen LogP contribution >= 0.6 is 12.4 Å². The molecule has 24 heavy (non-hydrogen) atoms. The molecule has 1 amide bonds. The molecule has 1 aromatic carbocycles. The van der Waals surface area contributed by atoms with E-state index in [4.69, 9.17) is 10.5 Å². The molecule has 0 spiro atoms. The van der Waals surface area contributed by atoms with E-state index in [1.54, 1.807) is 0 Å². The first-order chi connectivity index (χ1) is 11.2. The molecule has 0 aromatic heterocycles. The van der Waals surface area contributed by atoms with Gasteiger partial charge in [0.05, 0.1) is 13.2 Å². The molecule has 0 unspecified atom stereocenters. The number of primary amides is 1. The second-order valence-electron chi connectivity index (χ2n) is 6.42. The van der Waals surface area contributed by atoms with Crippen molar-refractivity contribution in [2.45, 2.75) is 32.1 Å². The zero-order chi connectivity index (χ0) is 16.1. The lowest BCUT2D eigenvalue weighted by molar-refractivity contribution is 0.0384. The molecule has 1 heterocycles. The fraction of sp³-hybridized carbons (Fsp3) is 0.526. The summed E-state index contributed by atoms with van der Waals surface area (Å²) in [4.78, 5) is 14.2. The number of halogens is 1. The number of nitrogens with zero attached hydrogens (tertiary/aromatic N) is 1. The second kappa shape index (κ2) is 9.21. The number of rotatable bonds is 5. The Morgan fingerprint density at radius 2 is 2.00 bits per heavy atom. The lowest BCUT2D eigenvalue weighted by Gasteiger charge is -2.26. The summed E-state index contributed by atoms with van der Waals surface area (Å²) in [6.07, 6.45) is 7.86. The summed E-state index contributed by atoms with van der Waals surface area (Å²) in [6.45, 7) is 4.73. The van der Waals surface area contributed by atoms with Crippen LogP contribution in [0.5, 0.6) is 0 Å². The first kappa shape index (κ1) is 19.0. The maximum absolute atomic E-state index is 11.8. The first-order valence-corrected chi connectivity index (χ1v) is 8.66. The molecule has 2 N–H and O–H groups in total. The van der Waals surface area contributed by atoms with Gasteiger partial charge in [0, 0.05) is 25.2 Å². The number of carbonyl (C=O) groups is 1. The fourth-order valence-corrected chi connectivity index (χ4v) is 3.42. The zero-order valence-corrected chi connectivity index (χ0v) is 14.9. The van der Waals surface area contributed by atoms with Crippen LogP contribution in [0.15, 0.2) is 24.3 Å². The van der Waals surface area contributed by atoms with E-state index in [0.717, 1.165) is 57.7 Å². The van der Waals surface area contributed by atoms with Crippen LogP contribution in [-0.4, -0.2) is 43.7 Å². The Kier molecular flexibility index (Phi) is 7.28. The average molecular weight is 351 g/mol. The molecular formula is C19H27ClN2O2. The van der Waals surface area contributed by atoms with Gasteiger partial charge in [0.2, 0.25) is 5.91 Å². The largest absolute Gasteiger partial charge is 0.379 e. The number of benzene rings is 1. The van der Waals surface area contributed by atoms with E-state index in [1.807, 2.05) is 12.1 Å². The molecule has 1 fully saturated rings. The van der Waals surface area contributed by atoms with Crippen LogP contribution in [0.1, 0.15) is 47.2 Å². The van der Waals surface area contributed by atoms with Crippen molar-refractivity contribution in [3.05, 3.63) is 41.0 Å². The minimum absolute atomic E-state index is 0. The smallest absolute Gasteiger partial charge is 0.249 e. The van der Waals surface area contributed by atoms with Gasteiger partial charge >= 0.3 is 0 Å². The van der Waals surface area contributed by atoms with E-state index in [2.05, 4.69) is 17.0 Å². The number of allylic oxidation sites excluding steroid dienone is 2. The molecule has 0 bridgehead atoms. The molecule has 3 rings (SSSR count). The molecule has 5 heteroatoms. The summed E-state index contributed by atoms with van der Waals surface area (Å²) >= 11 is 0. The Hall–Kier alpha value is -1.36. The van der Waals surface area contributed by atoms with Crippen molar-refractivity contribution in [2.75, 3.05) is 32.8 Å². The Morgan fingerprint density at radius 3 is 2.67 bits per heavy atom. The predicted molar refractivity (Wildman–Crippen MR) is 99.6 cm³/mol. The number of nitrogens with two attached hydrogens (primary N) is 1. The Morgan fingerprint density at radius 1 is 1.21 bits per heavy atom. The van der Waals surface area contributed by atoms with Gasteiger partial charge in [-0.3, -0.25) is 9.69 Å². The third-order valence-corrected chi connectivity index (χ3v) is 4.81.